The molecule has 0 aliphatic carbocycles. The number of hydrogen-bond acceptors (Lipinski definition) is 3. The van der Waals surface area contributed by atoms with Gasteiger partial charge in [0.2, 0.25) is 0 Å². The van der Waals surface area contributed by atoms with Crippen LogP contribution in [0.2, 0.25) is 0 Å². The Bertz CT molecular complexity index is 183. The van der Waals surface area contributed by atoms with Gasteiger partial charge in [-0.3, -0.25) is 0 Å². The van der Waals surface area contributed by atoms with Crippen molar-refractivity contribution in [3.05, 3.63) is 0 Å². The fourth-order valence-electron chi connectivity index (χ4n) is 1.66. The maximum Gasteiger partial charge on any atom is 0.407 e. The smallest absolute Gasteiger partial charge is 0.407 e. The standard InChI is InChI=1S/C7H12N2O2.Ac.H2O/c10-6-9-5-7(11-6)1-3-8-4-2-7;;/h8H,1-5H2,(H,9,10);;1H2. The number of rotatable bonds is 0. The number of hydrogen-bond donors (Lipinski definition) is 2. The largest absolute Gasteiger partial charge is 0.441 e. The van der Waals surface area contributed by atoms with Crippen molar-refractivity contribution in [2.24, 2.45) is 0 Å². The maximum atomic E-state index is 10.8. The summed E-state index contributed by atoms with van der Waals surface area (Å²) >= 11 is 0. The predicted molar refractivity (Wildman–Crippen MR) is 42.9 cm³/mol. The van der Waals surface area contributed by atoms with Gasteiger partial charge in [0.05, 0.1) is 6.54 Å². The van der Waals surface area contributed by atoms with Crippen LogP contribution in [0.1, 0.15) is 12.8 Å². The molecule has 73 valence electrons. The first-order valence-electron chi connectivity index (χ1n) is 3.98. The van der Waals surface area contributed by atoms with Crippen LogP contribution in [0, 0.1) is 44.1 Å². The summed E-state index contributed by atoms with van der Waals surface area (Å²) < 4.78 is 5.20. The molecule has 2 saturated heterocycles. The van der Waals surface area contributed by atoms with Crippen molar-refractivity contribution in [2.75, 3.05) is 19.6 Å². The van der Waals surface area contributed by atoms with Gasteiger partial charge in [0.25, 0.3) is 0 Å². The second-order valence-corrected chi connectivity index (χ2v) is 3.18. The third-order valence-corrected chi connectivity index (χ3v) is 2.38. The molecule has 0 aromatic heterocycles. The van der Waals surface area contributed by atoms with Gasteiger partial charge in [0, 0.05) is 56.9 Å². The maximum absolute atomic E-state index is 10.8. The number of alkyl carbamates (subject to hydrolysis) is 1. The van der Waals surface area contributed by atoms with Crippen LogP contribution < -0.4 is 10.6 Å². The third kappa shape index (κ3) is 3.05. The molecule has 2 heterocycles. The van der Waals surface area contributed by atoms with E-state index < -0.39 is 0 Å². The molecule has 0 aromatic carbocycles. The summed E-state index contributed by atoms with van der Waals surface area (Å²) in [6.45, 7) is 2.59. The van der Waals surface area contributed by atoms with E-state index >= 15 is 0 Å². The van der Waals surface area contributed by atoms with Crippen molar-refractivity contribution in [2.45, 2.75) is 18.4 Å². The fourth-order valence-corrected chi connectivity index (χ4v) is 1.66. The zero-order chi connectivity index (χ0) is 7.73. The molecule has 0 bridgehead atoms. The van der Waals surface area contributed by atoms with Crippen LogP contribution in [0.5, 0.6) is 0 Å². The topological polar surface area (TPSA) is 81.9 Å². The molecule has 2 aliphatic heterocycles. The minimum Gasteiger partial charge on any atom is -0.441 e. The summed E-state index contributed by atoms with van der Waals surface area (Å²) in [5.41, 5.74) is -0.178. The molecule has 0 unspecified atom stereocenters. The molecule has 6 heteroatoms. The minimum absolute atomic E-state index is 0. The first kappa shape index (κ1) is 13.6. The van der Waals surface area contributed by atoms with E-state index in [1.807, 2.05) is 0 Å². The molecule has 2 rings (SSSR count). The number of piperidine rings is 1. The SMILES string of the molecule is O.O=C1NCC2(CCNCC2)O1.[Ac]. The van der Waals surface area contributed by atoms with Gasteiger partial charge in [-0.2, -0.15) is 0 Å². The Morgan fingerprint density at radius 3 is 2.38 bits per heavy atom. The zero-order valence-corrected chi connectivity index (χ0v) is 12.2. The van der Waals surface area contributed by atoms with Crippen LogP contribution >= 0.6 is 0 Å². The average molecular weight is 401 g/mol. The Labute approximate surface area is 113 Å². The molecule has 1 amide bonds. The van der Waals surface area contributed by atoms with Crippen LogP contribution in [0.4, 0.5) is 4.79 Å². The van der Waals surface area contributed by atoms with E-state index in [0.717, 1.165) is 25.9 Å². The van der Waals surface area contributed by atoms with E-state index in [4.69, 9.17) is 4.74 Å². The molecule has 13 heavy (non-hydrogen) atoms. The Balaban J connectivity index is 0.000000720. The Morgan fingerprint density at radius 1 is 1.31 bits per heavy atom. The molecule has 4 N–H and O–H groups in total. The normalized spacial score (nSPS) is 23.8. The van der Waals surface area contributed by atoms with E-state index in [-0.39, 0.29) is 61.2 Å². The number of carbonyl (C=O) groups is 1. The summed E-state index contributed by atoms with van der Waals surface area (Å²) in [7, 11) is 0. The summed E-state index contributed by atoms with van der Waals surface area (Å²) in [6, 6.07) is 0. The van der Waals surface area contributed by atoms with Crippen molar-refractivity contribution in [3.63, 3.8) is 0 Å². The van der Waals surface area contributed by atoms with Crippen molar-refractivity contribution < 1.29 is 59.1 Å². The summed E-state index contributed by atoms with van der Waals surface area (Å²) in [6.07, 6.45) is 1.62. The fraction of sp³-hybridized carbons (Fsp3) is 0.857. The van der Waals surface area contributed by atoms with E-state index in [9.17, 15) is 4.79 Å². The van der Waals surface area contributed by atoms with Crippen LogP contribution in [0.3, 0.4) is 0 Å². The van der Waals surface area contributed by atoms with Crippen molar-refractivity contribution in [3.8, 4) is 0 Å². The van der Waals surface area contributed by atoms with E-state index in [2.05, 4.69) is 10.6 Å². The molecule has 5 nitrogen and oxygen atoms in total. The summed E-state index contributed by atoms with van der Waals surface area (Å²) in [4.78, 5) is 10.8. The van der Waals surface area contributed by atoms with Crippen molar-refractivity contribution >= 4 is 6.09 Å². The monoisotopic (exact) mass is 401 g/mol. The van der Waals surface area contributed by atoms with Crippen LogP contribution in [0.25, 0.3) is 0 Å². The van der Waals surface area contributed by atoms with E-state index in [0.29, 0.717) is 6.54 Å². The van der Waals surface area contributed by atoms with Gasteiger partial charge in [-0.05, 0) is 13.1 Å². The Hall–Kier alpha value is 0.632. The molecular formula is C7H14AcN2O3. The second kappa shape index (κ2) is 5.50. The summed E-state index contributed by atoms with van der Waals surface area (Å²) in [5.74, 6) is 0. The van der Waals surface area contributed by atoms with Crippen molar-refractivity contribution in [1.82, 2.24) is 10.6 Å². The Kier molecular flexibility index (Phi) is 5.76. The van der Waals surface area contributed by atoms with Gasteiger partial charge in [0.15, 0.2) is 0 Å². The van der Waals surface area contributed by atoms with Gasteiger partial charge in [-0.25, -0.2) is 4.79 Å². The molecule has 2 fully saturated rings. The summed E-state index contributed by atoms with van der Waals surface area (Å²) in [5, 5.41) is 5.92. The first-order chi connectivity index (χ1) is 5.31. The Morgan fingerprint density at radius 2 is 1.92 bits per heavy atom. The van der Waals surface area contributed by atoms with Crippen molar-refractivity contribution in [1.29, 1.82) is 0 Å². The molecule has 2 aliphatic rings. The molecular weight excluding hydrogens is 387 g/mol. The average Bonchev–Trinajstić information content (AvgIpc) is 2.34. The van der Waals surface area contributed by atoms with Gasteiger partial charge < -0.3 is 20.8 Å². The van der Waals surface area contributed by atoms with E-state index in [1.165, 1.54) is 0 Å². The number of carbonyl (C=O) groups excluding carboxylic acids is 1. The van der Waals surface area contributed by atoms with Crippen LogP contribution in [0.15, 0.2) is 0 Å². The number of amides is 1. The molecule has 0 aromatic rings. The predicted octanol–water partition coefficient (Wildman–Crippen LogP) is -0.976. The number of ether oxygens (including phenoxy) is 1. The molecule has 1 spiro atoms. The van der Waals surface area contributed by atoms with Gasteiger partial charge >= 0.3 is 6.09 Å². The van der Waals surface area contributed by atoms with Gasteiger partial charge in [-0.15, -0.1) is 0 Å². The first-order valence-corrected chi connectivity index (χ1v) is 3.98. The molecule has 1 radical (unpaired) electrons. The minimum atomic E-state index is -0.257. The third-order valence-electron chi connectivity index (χ3n) is 2.38. The molecule has 0 saturated carbocycles. The second-order valence-electron chi connectivity index (χ2n) is 3.18. The zero-order valence-electron chi connectivity index (χ0n) is 7.43. The van der Waals surface area contributed by atoms with Gasteiger partial charge in [-0.1, -0.05) is 0 Å². The quantitative estimate of drug-likeness (QED) is 0.548. The van der Waals surface area contributed by atoms with Gasteiger partial charge in [0.1, 0.15) is 5.60 Å². The van der Waals surface area contributed by atoms with Crippen LogP contribution in [-0.2, 0) is 4.74 Å². The molecule has 0 atom stereocenters. The number of nitrogens with one attached hydrogen (secondary N) is 2. The van der Waals surface area contributed by atoms with E-state index in [1.54, 1.807) is 0 Å². The van der Waals surface area contributed by atoms with Crippen LogP contribution in [-0.4, -0.2) is 36.8 Å².